The molecular formula is C11H13ClN2O4. The standard InChI is InChI=1S/C11H13ClN2O4/c1-11(2,3)18-10(17)5-4-14-8(9(15)16)6(12)7(5)13/h4H,1-3H3,(H2,13,14)(H,15,16). The van der Waals surface area contributed by atoms with E-state index in [2.05, 4.69) is 4.98 Å². The van der Waals surface area contributed by atoms with E-state index in [1.807, 2.05) is 0 Å². The maximum Gasteiger partial charge on any atom is 0.356 e. The van der Waals surface area contributed by atoms with Gasteiger partial charge in [0.2, 0.25) is 0 Å². The molecule has 0 bridgehead atoms. The highest BCUT2D eigenvalue weighted by Gasteiger charge is 2.24. The zero-order valence-electron chi connectivity index (χ0n) is 10.2. The minimum Gasteiger partial charge on any atom is -0.476 e. The quantitative estimate of drug-likeness (QED) is 0.798. The van der Waals surface area contributed by atoms with Crippen molar-refractivity contribution >= 4 is 29.2 Å². The van der Waals surface area contributed by atoms with Crippen molar-refractivity contribution < 1.29 is 19.4 Å². The molecule has 1 aromatic rings. The number of hydrogen-bond donors (Lipinski definition) is 2. The Hall–Kier alpha value is -1.82. The Balaban J connectivity index is 3.17. The number of halogens is 1. The van der Waals surface area contributed by atoms with Crippen LogP contribution in [0.3, 0.4) is 0 Å². The number of nitrogens with zero attached hydrogens (tertiary/aromatic N) is 1. The Morgan fingerprint density at radius 1 is 1.44 bits per heavy atom. The van der Waals surface area contributed by atoms with Gasteiger partial charge in [-0.1, -0.05) is 11.6 Å². The smallest absolute Gasteiger partial charge is 0.356 e. The molecule has 0 spiro atoms. The topological polar surface area (TPSA) is 103 Å². The maximum absolute atomic E-state index is 11.8. The van der Waals surface area contributed by atoms with Crippen LogP contribution in [0.5, 0.6) is 0 Å². The summed E-state index contributed by atoms with van der Waals surface area (Å²) in [7, 11) is 0. The minimum absolute atomic E-state index is 0.0556. The lowest BCUT2D eigenvalue weighted by Gasteiger charge is -2.20. The maximum atomic E-state index is 11.8. The molecule has 0 amide bonds. The normalized spacial score (nSPS) is 11.1. The lowest BCUT2D eigenvalue weighted by molar-refractivity contribution is 0.00699. The van der Waals surface area contributed by atoms with E-state index >= 15 is 0 Å². The molecule has 3 N–H and O–H groups in total. The highest BCUT2D eigenvalue weighted by atomic mass is 35.5. The van der Waals surface area contributed by atoms with Crippen molar-refractivity contribution in [3.05, 3.63) is 22.5 Å². The van der Waals surface area contributed by atoms with Crippen LogP contribution in [0.25, 0.3) is 0 Å². The Kier molecular flexibility index (Phi) is 3.81. The van der Waals surface area contributed by atoms with E-state index in [1.54, 1.807) is 20.8 Å². The van der Waals surface area contributed by atoms with Gasteiger partial charge < -0.3 is 15.6 Å². The monoisotopic (exact) mass is 272 g/mol. The van der Waals surface area contributed by atoms with Gasteiger partial charge in [0.1, 0.15) is 11.2 Å². The number of rotatable bonds is 2. The number of aromatic nitrogens is 1. The van der Waals surface area contributed by atoms with E-state index in [4.69, 9.17) is 27.2 Å². The van der Waals surface area contributed by atoms with E-state index in [9.17, 15) is 9.59 Å². The van der Waals surface area contributed by atoms with Crippen LogP contribution in [0.2, 0.25) is 5.02 Å². The van der Waals surface area contributed by atoms with Gasteiger partial charge in [0.05, 0.1) is 10.7 Å². The fourth-order valence-corrected chi connectivity index (χ4v) is 1.38. The van der Waals surface area contributed by atoms with Crippen LogP contribution in [-0.2, 0) is 4.74 Å². The van der Waals surface area contributed by atoms with Crippen molar-refractivity contribution in [2.45, 2.75) is 26.4 Å². The van der Waals surface area contributed by atoms with Gasteiger partial charge in [-0.2, -0.15) is 0 Å². The van der Waals surface area contributed by atoms with Crippen molar-refractivity contribution in [1.29, 1.82) is 0 Å². The Morgan fingerprint density at radius 2 is 2.00 bits per heavy atom. The van der Waals surface area contributed by atoms with Crippen LogP contribution in [0.1, 0.15) is 41.6 Å². The minimum atomic E-state index is -1.32. The molecule has 0 fully saturated rings. The first-order chi connectivity index (χ1) is 8.13. The molecule has 0 aliphatic heterocycles. The first kappa shape index (κ1) is 14.2. The number of nitrogen functional groups attached to an aromatic ring is 1. The van der Waals surface area contributed by atoms with Crippen LogP contribution in [-0.4, -0.2) is 27.6 Å². The Morgan fingerprint density at radius 3 is 2.44 bits per heavy atom. The molecule has 0 aliphatic rings. The molecule has 0 atom stereocenters. The summed E-state index contributed by atoms with van der Waals surface area (Å²) in [5, 5.41) is 8.52. The molecule has 1 aromatic heterocycles. The number of nitrogens with two attached hydrogens (primary N) is 1. The second-order valence-corrected chi connectivity index (χ2v) is 4.93. The molecule has 0 aromatic carbocycles. The predicted octanol–water partition coefficient (Wildman–Crippen LogP) is 1.97. The average molecular weight is 273 g/mol. The molecule has 7 heteroatoms. The van der Waals surface area contributed by atoms with E-state index in [0.717, 1.165) is 6.20 Å². The highest BCUT2D eigenvalue weighted by molar-refractivity contribution is 6.36. The van der Waals surface area contributed by atoms with Gasteiger partial charge in [-0.15, -0.1) is 0 Å². The van der Waals surface area contributed by atoms with Crippen molar-refractivity contribution in [1.82, 2.24) is 4.98 Å². The molecule has 0 saturated heterocycles. The molecule has 0 aliphatic carbocycles. The zero-order chi connectivity index (χ0) is 14.1. The number of carboxylic acids is 1. The molecule has 1 rings (SSSR count). The van der Waals surface area contributed by atoms with E-state index in [-0.39, 0.29) is 16.3 Å². The third kappa shape index (κ3) is 3.10. The fraction of sp³-hybridized carbons (Fsp3) is 0.364. The van der Waals surface area contributed by atoms with Crippen molar-refractivity contribution in [2.75, 3.05) is 5.73 Å². The molecule has 0 saturated carbocycles. The third-order valence-corrected chi connectivity index (χ3v) is 2.26. The van der Waals surface area contributed by atoms with Gasteiger partial charge in [0.25, 0.3) is 0 Å². The first-order valence-electron chi connectivity index (χ1n) is 5.04. The molecule has 1 heterocycles. The van der Waals surface area contributed by atoms with Crippen molar-refractivity contribution in [3.63, 3.8) is 0 Å². The van der Waals surface area contributed by atoms with Crippen LogP contribution < -0.4 is 5.73 Å². The first-order valence-corrected chi connectivity index (χ1v) is 5.42. The van der Waals surface area contributed by atoms with E-state index < -0.39 is 23.2 Å². The molecule has 0 unspecified atom stereocenters. The van der Waals surface area contributed by atoms with Crippen LogP contribution >= 0.6 is 11.6 Å². The average Bonchev–Trinajstić information content (AvgIpc) is 2.18. The molecule has 0 radical (unpaired) electrons. The summed E-state index contributed by atoms with van der Waals surface area (Å²) in [6, 6.07) is 0. The number of carboxylic acid groups (broad SMARTS) is 1. The summed E-state index contributed by atoms with van der Waals surface area (Å²) in [4.78, 5) is 26.1. The predicted molar refractivity (Wildman–Crippen MR) is 65.8 cm³/mol. The number of hydrogen-bond acceptors (Lipinski definition) is 5. The van der Waals surface area contributed by atoms with Gasteiger partial charge in [-0.3, -0.25) is 0 Å². The summed E-state index contributed by atoms with van der Waals surface area (Å²) >= 11 is 5.73. The van der Waals surface area contributed by atoms with Crippen molar-refractivity contribution in [3.8, 4) is 0 Å². The summed E-state index contributed by atoms with van der Waals surface area (Å²) in [6.45, 7) is 5.09. The van der Waals surface area contributed by atoms with Gasteiger partial charge >= 0.3 is 11.9 Å². The number of anilines is 1. The SMILES string of the molecule is CC(C)(C)OC(=O)c1cnc(C(=O)O)c(Cl)c1N. The largest absolute Gasteiger partial charge is 0.476 e. The molecular weight excluding hydrogens is 260 g/mol. The van der Waals surface area contributed by atoms with Gasteiger partial charge in [0.15, 0.2) is 5.69 Å². The summed E-state index contributed by atoms with van der Waals surface area (Å²) in [5.41, 5.74) is 4.30. The summed E-state index contributed by atoms with van der Waals surface area (Å²) < 4.78 is 5.09. The lowest BCUT2D eigenvalue weighted by atomic mass is 10.1. The zero-order valence-corrected chi connectivity index (χ0v) is 10.9. The number of aromatic carboxylic acids is 1. The Bertz CT molecular complexity index is 509. The number of esters is 1. The third-order valence-electron chi connectivity index (χ3n) is 1.88. The molecule has 98 valence electrons. The Labute approximate surface area is 109 Å². The number of pyridine rings is 1. The van der Waals surface area contributed by atoms with E-state index in [1.165, 1.54) is 0 Å². The van der Waals surface area contributed by atoms with Gasteiger partial charge in [-0.25, -0.2) is 14.6 Å². The number of carbonyl (C=O) groups excluding carboxylic acids is 1. The lowest BCUT2D eigenvalue weighted by Crippen LogP contribution is -2.25. The highest BCUT2D eigenvalue weighted by Crippen LogP contribution is 2.26. The van der Waals surface area contributed by atoms with Gasteiger partial charge in [0, 0.05) is 6.20 Å². The van der Waals surface area contributed by atoms with Crippen LogP contribution in [0.15, 0.2) is 6.20 Å². The number of carbonyl (C=O) groups is 2. The van der Waals surface area contributed by atoms with Crippen molar-refractivity contribution in [2.24, 2.45) is 0 Å². The summed E-state index contributed by atoms with van der Waals surface area (Å²) in [5.74, 6) is -2.02. The second-order valence-electron chi connectivity index (χ2n) is 4.56. The molecule has 18 heavy (non-hydrogen) atoms. The number of ether oxygens (including phenoxy) is 1. The fourth-order valence-electron chi connectivity index (χ4n) is 1.15. The summed E-state index contributed by atoms with van der Waals surface area (Å²) in [6.07, 6.45) is 1.04. The van der Waals surface area contributed by atoms with E-state index in [0.29, 0.717) is 0 Å². The van der Waals surface area contributed by atoms with Crippen LogP contribution in [0.4, 0.5) is 5.69 Å². The molecule has 6 nitrogen and oxygen atoms in total. The second kappa shape index (κ2) is 4.81. The van der Waals surface area contributed by atoms with Gasteiger partial charge in [-0.05, 0) is 20.8 Å². The van der Waals surface area contributed by atoms with Crippen LogP contribution in [0, 0.1) is 0 Å².